The number of nitrogens with zero attached hydrogens (tertiary/aromatic N) is 2. The van der Waals surface area contributed by atoms with Gasteiger partial charge >= 0.3 is 5.97 Å². The number of aromatic nitrogens is 1. The van der Waals surface area contributed by atoms with Gasteiger partial charge in [-0.3, -0.25) is 24.0 Å². The quantitative estimate of drug-likeness (QED) is 0.0508. The van der Waals surface area contributed by atoms with E-state index in [1.165, 1.54) is 31.1 Å². The molecule has 6 atom stereocenters. The summed E-state index contributed by atoms with van der Waals surface area (Å²) in [5.74, 6) is -4.58. The van der Waals surface area contributed by atoms with Crippen molar-refractivity contribution in [3.8, 4) is 5.75 Å². The van der Waals surface area contributed by atoms with E-state index >= 15 is 0 Å². The molecule has 0 aliphatic rings. The lowest BCUT2D eigenvalue weighted by atomic mass is 9.98. The van der Waals surface area contributed by atoms with Crippen LogP contribution in [0.3, 0.4) is 0 Å². The van der Waals surface area contributed by atoms with Gasteiger partial charge in [-0.15, -0.1) is 0 Å². The zero-order valence-electron chi connectivity index (χ0n) is 36.4. The van der Waals surface area contributed by atoms with E-state index in [1.807, 2.05) is 30.3 Å². The number of fused-ring (bicyclic) bond motifs is 1. The Hall–Kier alpha value is -6.26. The average Bonchev–Trinajstić information content (AvgIpc) is 3.67. The van der Waals surface area contributed by atoms with Crippen LogP contribution in [0.15, 0.2) is 85.1 Å². The summed E-state index contributed by atoms with van der Waals surface area (Å²) in [5.41, 5.74) is 8.73. The molecule has 9 N–H and O–H groups in total. The van der Waals surface area contributed by atoms with Crippen molar-refractivity contribution >= 4 is 46.4 Å². The van der Waals surface area contributed by atoms with Gasteiger partial charge in [-0.25, -0.2) is 4.79 Å². The summed E-state index contributed by atoms with van der Waals surface area (Å²) in [5, 5.41) is 32.2. The van der Waals surface area contributed by atoms with Crippen molar-refractivity contribution in [2.24, 2.45) is 11.7 Å². The number of amides is 5. The Labute approximate surface area is 363 Å². The Bertz CT molecular complexity index is 2130. The third-order valence-electron chi connectivity index (χ3n) is 11.2. The number of likely N-dealkylation sites (N-methyl/N-ethyl adjacent to an activating group) is 3. The molecular weight excluding hydrogens is 793 g/mol. The van der Waals surface area contributed by atoms with Crippen molar-refractivity contribution in [3.05, 3.63) is 102 Å². The second-order valence-electron chi connectivity index (χ2n) is 16.0. The fourth-order valence-electron chi connectivity index (χ4n) is 7.24. The summed E-state index contributed by atoms with van der Waals surface area (Å²) < 4.78 is 0. The minimum atomic E-state index is -1.24. The molecule has 3 aromatic carbocycles. The number of carbonyl (C=O) groups is 6. The van der Waals surface area contributed by atoms with Crippen LogP contribution in [0.25, 0.3) is 10.9 Å². The number of carbonyl (C=O) groups excluding carboxylic acids is 5. The first-order valence-electron chi connectivity index (χ1n) is 21.0. The molecule has 0 aliphatic carbocycles. The van der Waals surface area contributed by atoms with Crippen LogP contribution in [-0.2, 0) is 48.0 Å². The number of unbranched alkanes of at least 4 members (excludes halogenated alkanes) is 1. The van der Waals surface area contributed by atoms with Crippen LogP contribution in [0.4, 0.5) is 0 Å². The summed E-state index contributed by atoms with van der Waals surface area (Å²) in [4.78, 5) is 88.9. The maximum absolute atomic E-state index is 14.8. The number of carboxylic acids is 1. The Kier molecular flexibility index (Phi) is 18.0. The number of phenolic OH excluding ortho intramolecular Hbond substituents is 1. The van der Waals surface area contributed by atoms with E-state index in [0.29, 0.717) is 24.9 Å². The molecule has 0 bridgehead atoms. The maximum atomic E-state index is 14.8. The average molecular weight is 855 g/mol. The summed E-state index contributed by atoms with van der Waals surface area (Å²) in [7, 11) is 4.47. The summed E-state index contributed by atoms with van der Waals surface area (Å²) in [6.45, 7) is 5.45. The number of phenols is 1. The Balaban J connectivity index is 1.67. The second kappa shape index (κ2) is 23.1. The lowest BCUT2D eigenvalue weighted by molar-refractivity contribution is -0.151. The largest absolute Gasteiger partial charge is 0.508 e. The molecule has 0 spiro atoms. The molecule has 5 amide bonds. The van der Waals surface area contributed by atoms with Crippen LogP contribution >= 0.6 is 0 Å². The number of aromatic amines is 1. The molecule has 1 aromatic heterocycles. The molecule has 16 heteroatoms. The highest BCUT2D eigenvalue weighted by Gasteiger charge is 2.38. The number of hydrogen-bond acceptors (Lipinski definition) is 9. The zero-order chi connectivity index (χ0) is 45.5. The smallest absolute Gasteiger partial charge is 0.326 e. The highest BCUT2D eigenvalue weighted by Crippen LogP contribution is 2.22. The molecule has 4 aromatic rings. The summed E-state index contributed by atoms with van der Waals surface area (Å²) >= 11 is 0. The molecule has 334 valence electrons. The van der Waals surface area contributed by atoms with Gasteiger partial charge in [-0.05, 0) is 80.6 Å². The molecule has 0 aliphatic heterocycles. The Morgan fingerprint density at radius 3 is 1.94 bits per heavy atom. The predicted molar refractivity (Wildman–Crippen MR) is 237 cm³/mol. The van der Waals surface area contributed by atoms with Gasteiger partial charge in [0.1, 0.15) is 36.0 Å². The Morgan fingerprint density at radius 2 is 1.31 bits per heavy atom. The van der Waals surface area contributed by atoms with Gasteiger partial charge in [0.2, 0.25) is 29.5 Å². The molecule has 16 nitrogen and oxygen atoms in total. The van der Waals surface area contributed by atoms with E-state index < -0.39 is 77.7 Å². The summed E-state index contributed by atoms with van der Waals surface area (Å²) in [6.07, 6.45) is 3.02. The van der Waals surface area contributed by atoms with Crippen LogP contribution < -0.4 is 27.0 Å². The van der Waals surface area contributed by atoms with Gasteiger partial charge in [0.15, 0.2) is 0 Å². The maximum Gasteiger partial charge on any atom is 0.326 e. The van der Waals surface area contributed by atoms with E-state index in [4.69, 9.17) is 5.73 Å². The lowest BCUT2D eigenvalue weighted by Gasteiger charge is -2.35. The molecule has 4 rings (SSSR count). The van der Waals surface area contributed by atoms with E-state index in [2.05, 4.69) is 26.3 Å². The highest BCUT2D eigenvalue weighted by molar-refractivity contribution is 5.97. The number of H-pyrrole nitrogens is 1. The van der Waals surface area contributed by atoms with Crippen LogP contribution in [0.1, 0.15) is 56.7 Å². The molecule has 62 heavy (non-hydrogen) atoms. The standard InChI is InChI=1S/C46H62N8O8/c1-28(2)40(45(60)54(6)39(46(61)62)25-30-14-8-7-9-15-30)52-43(58)38(18-12-13-23-47)53(5)44(59)37(26-32-27-49-35-17-11-10-16-34(32)35)51-42(57)36(50-41(56)29(3)48-4)24-31-19-21-33(55)22-20-31/h7-11,14-17,19-22,27-29,36-40,48-49,55H,12-13,18,23-26,47H2,1-6H3,(H,50,56)(H,51,57)(H,52,58)(H,61,62)/t29-,36-,37+,38-,39-,40-/m0/s1. The van der Waals surface area contributed by atoms with Gasteiger partial charge in [-0.2, -0.15) is 0 Å². The normalized spacial score (nSPS) is 14.2. The number of hydrogen-bond donors (Lipinski definition) is 8. The fourth-order valence-corrected chi connectivity index (χ4v) is 7.24. The lowest BCUT2D eigenvalue weighted by Crippen LogP contribution is -2.60. The highest BCUT2D eigenvalue weighted by atomic mass is 16.4. The van der Waals surface area contributed by atoms with Crippen molar-refractivity contribution < 1.29 is 39.0 Å². The molecule has 0 radical (unpaired) electrons. The number of rotatable bonds is 23. The fraction of sp³-hybridized carbons (Fsp3) is 0.435. The van der Waals surface area contributed by atoms with Gasteiger partial charge in [0.05, 0.1) is 6.04 Å². The SMILES string of the molecule is CN[C@@H](C)C(=O)N[C@@H](Cc1ccc(O)cc1)C(=O)N[C@H](Cc1c[nH]c2ccccc12)C(=O)N(C)[C@@H](CCCCN)C(=O)N[C@H](C(=O)N(C)[C@@H](Cc1ccccc1)C(=O)O)C(C)C. The van der Waals surface area contributed by atoms with Crippen molar-refractivity contribution in [1.29, 1.82) is 0 Å². The first-order valence-corrected chi connectivity index (χ1v) is 21.0. The molecule has 1 heterocycles. The van der Waals surface area contributed by atoms with Crippen molar-refractivity contribution in [1.82, 2.24) is 36.1 Å². The first kappa shape index (κ1) is 48.4. The minimum absolute atomic E-state index is 0.0126. The molecule has 0 unspecified atom stereocenters. The van der Waals surface area contributed by atoms with E-state index in [1.54, 1.807) is 70.4 Å². The third-order valence-corrected chi connectivity index (χ3v) is 11.2. The number of para-hydroxylation sites is 1. The van der Waals surface area contributed by atoms with Crippen molar-refractivity contribution in [2.75, 3.05) is 27.7 Å². The number of nitrogens with one attached hydrogen (secondary N) is 5. The minimum Gasteiger partial charge on any atom is -0.508 e. The first-order chi connectivity index (χ1) is 29.6. The van der Waals surface area contributed by atoms with Gasteiger partial charge in [-0.1, -0.05) is 74.5 Å². The van der Waals surface area contributed by atoms with E-state index in [-0.39, 0.29) is 31.4 Å². The predicted octanol–water partition coefficient (Wildman–Crippen LogP) is 2.49. The topological polar surface area (TPSA) is 239 Å². The number of benzene rings is 3. The van der Waals surface area contributed by atoms with Crippen LogP contribution in [0.2, 0.25) is 0 Å². The number of aromatic hydroxyl groups is 1. The molecular formula is C46H62N8O8. The third kappa shape index (κ3) is 13.1. The van der Waals surface area contributed by atoms with Crippen molar-refractivity contribution in [2.45, 2.75) is 95.5 Å². The number of carboxylic acid groups (broad SMARTS) is 1. The van der Waals surface area contributed by atoms with Gasteiger partial charge < -0.3 is 52.0 Å². The van der Waals surface area contributed by atoms with Crippen LogP contribution in [0.5, 0.6) is 5.75 Å². The Morgan fingerprint density at radius 1 is 0.694 bits per heavy atom. The second-order valence-corrected chi connectivity index (χ2v) is 16.0. The molecule has 0 saturated carbocycles. The molecule has 0 fully saturated rings. The van der Waals surface area contributed by atoms with Crippen LogP contribution in [0, 0.1) is 5.92 Å². The van der Waals surface area contributed by atoms with Crippen LogP contribution in [-0.4, -0.2) is 124 Å². The monoisotopic (exact) mass is 854 g/mol. The van der Waals surface area contributed by atoms with Gasteiger partial charge in [0, 0.05) is 50.5 Å². The zero-order valence-corrected chi connectivity index (χ0v) is 36.4. The van der Waals surface area contributed by atoms with E-state index in [0.717, 1.165) is 26.9 Å². The number of aliphatic carboxylic acids is 1. The summed E-state index contributed by atoms with van der Waals surface area (Å²) in [6, 6.07) is 16.1. The molecule has 0 saturated heterocycles. The van der Waals surface area contributed by atoms with Crippen molar-refractivity contribution in [3.63, 3.8) is 0 Å². The number of nitrogens with two attached hydrogens (primary N) is 1. The van der Waals surface area contributed by atoms with E-state index in [9.17, 15) is 39.0 Å². The van der Waals surface area contributed by atoms with Gasteiger partial charge in [0.25, 0.3) is 0 Å².